The molecule has 0 spiro atoms. The number of hydrogen-bond acceptors (Lipinski definition) is 7. The summed E-state index contributed by atoms with van der Waals surface area (Å²) in [6.07, 6.45) is 4.23. The fourth-order valence-corrected chi connectivity index (χ4v) is 3.90. The lowest BCUT2D eigenvalue weighted by Gasteiger charge is -2.18. The first-order valence-electron chi connectivity index (χ1n) is 10.9. The lowest BCUT2D eigenvalue weighted by atomic mass is 9.89. The van der Waals surface area contributed by atoms with E-state index in [4.69, 9.17) is 19.3 Å². The van der Waals surface area contributed by atoms with Crippen molar-refractivity contribution in [1.82, 2.24) is 0 Å². The van der Waals surface area contributed by atoms with Gasteiger partial charge in [0.15, 0.2) is 0 Å². The van der Waals surface area contributed by atoms with E-state index in [9.17, 15) is 14.4 Å². The van der Waals surface area contributed by atoms with Crippen molar-refractivity contribution < 1.29 is 33.7 Å². The normalized spacial score (nSPS) is 12.7. The molecule has 34 heavy (non-hydrogen) atoms. The van der Waals surface area contributed by atoms with E-state index in [0.29, 0.717) is 30.6 Å². The van der Waals surface area contributed by atoms with E-state index in [1.807, 2.05) is 44.2 Å². The van der Waals surface area contributed by atoms with Crippen LogP contribution in [0.25, 0.3) is 0 Å². The number of esters is 1. The number of nitrogens with zero attached hydrogens (tertiary/aromatic N) is 1. The van der Waals surface area contributed by atoms with Crippen molar-refractivity contribution in [3.05, 3.63) is 69.3 Å². The summed E-state index contributed by atoms with van der Waals surface area (Å²) in [5, 5.41) is 8.94. The highest BCUT2D eigenvalue weighted by atomic mass is 16.5. The van der Waals surface area contributed by atoms with Crippen LogP contribution >= 0.6 is 0 Å². The highest BCUT2D eigenvalue weighted by Crippen LogP contribution is 2.39. The van der Waals surface area contributed by atoms with E-state index >= 15 is 0 Å². The zero-order chi connectivity index (χ0) is 24.7. The average Bonchev–Trinajstić information content (AvgIpc) is 3.21. The summed E-state index contributed by atoms with van der Waals surface area (Å²) >= 11 is 0. The monoisotopic (exact) mass is 465 g/mol. The van der Waals surface area contributed by atoms with Crippen molar-refractivity contribution in [3.8, 4) is 5.75 Å². The van der Waals surface area contributed by atoms with Crippen LogP contribution in [0.5, 0.6) is 5.75 Å². The molecule has 1 aliphatic rings. The molecule has 0 amide bonds. The van der Waals surface area contributed by atoms with Gasteiger partial charge in [0.25, 0.3) is 0 Å². The predicted molar refractivity (Wildman–Crippen MR) is 124 cm³/mol. The van der Waals surface area contributed by atoms with Crippen molar-refractivity contribution in [2.75, 3.05) is 7.11 Å². The highest BCUT2D eigenvalue weighted by molar-refractivity contribution is 6.00. The first kappa shape index (κ1) is 24.9. The Labute approximate surface area is 197 Å². The molecule has 1 N–H and O–H groups in total. The Morgan fingerprint density at radius 1 is 1.21 bits per heavy atom. The van der Waals surface area contributed by atoms with Crippen LogP contribution in [0.2, 0.25) is 0 Å². The first-order chi connectivity index (χ1) is 16.3. The van der Waals surface area contributed by atoms with Crippen molar-refractivity contribution >= 4 is 23.7 Å². The van der Waals surface area contributed by atoms with Gasteiger partial charge in [-0.2, -0.15) is 4.99 Å². The number of carbonyl (C=O) groups excluding carboxylic acids is 2. The predicted octanol–water partition coefficient (Wildman–Crippen LogP) is 4.71. The third-order valence-electron chi connectivity index (χ3n) is 5.87. The quantitative estimate of drug-likeness (QED) is 0.221. The van der Waals surface area contributed by atoms with E-state index in [-0.39, 0.29) is 30.9 Å². The lowest BCUT2D eigenvalue weighted by molar-refractivity contribution is -0.136. The minimum Gasteiger partial charge on any atom is -0.497 e. The minimum atomic E-state index is -0.872. The molecule has 0 radical (unpaired) electrons. The molecule has 0 bridgehead atoms. The summed E-state index contributed by atoms with van der Waals surface area (Å²) in [5.74, 6) is -0.639. The number of benzene rings is 2. The molecule has 0 atom stereocenters. The lowest BCUT2D eigenvalue weighted by Crippen LogP contribution is -2.07. The number of hydrogen-bond donors (Lipinski definition) is 1. The second-order valence-corrected chi connectivity index (χ2v) is 8.05. The molecule has 1 heterocycles. The van der Waals surface area contributed by atoms with Gasteiger partial charge in [-0.05, 0) is 61.1 Å². The number of methoxy groups -OCH3 is 1. The number of carboxylic acids is 1. The van der Waals surface area contributed by atoms with Crippen LogP contribution in [-0.2, 0) is 45.3 Å². The van der Waals surface area contributed by atoms with Crippen LogP contribution in [-0.4, -0.2) is 30.2 Å². The van der Waals surface area contributed by atoms with Crippen LogP contribution in [0.4, 0.5) is 5.69 Å². The molecule has 0 aromatic heterocycles. The van der Waals surface area contributed by atoms with Crippen LogP contribution in [0, 0.1) is 6.92 Å². The van der Waals surface area contributed by atoms with Gasteiger partial charge in [-0.15, -0.1) is 0 Å². The number of carbonyl (C=O) groups is 2. The summed E-state index contributed by atoms with van der Waals surface area (Å²) in [7, 11) is 1.61. The molecule has 8 heteroatoms. The maximum absolute atomic E-state index is 12.4. The molecule has 2 aromatic rings. The van der Waals surface area contributed by atoms with Crippen molar-refractivity contribution in [1.29, 1.82) is 0 Å². The summed E-state index contributed by atoms with van der Waals surface area (Å²) in [4.78, 5) is 38.4. The number of aliphatic carboxylic acids is 1. The van der Waals surface area contributed by atoms with E-state index in [1.54, 1.807) is 13.2 Å². The number of rotatable bonds is 11. The Hall–Kier alpha value is -3.74. The fourth-order valence-electron chi connectivity index (χ4n) is 3.90. The molecule has 3 rings (SSSR count). The van der Waals surface area contributed by atoms with Gasteiger partial charge in [0.1, 0.15) is 12.4 Å². The zero-order valence-electron chi connectivity index (χ0n) is 19.5. The SMILES string of the molecule is COc1ccc(COCc2c(C)c3c(c(N=C=O)c2C/C=C(\C)CCC(=O)O)C(=O)OC3)cc1. The summed E-state index contributed by atoms with van der Waals surface area (Å²) in [6.45, 7) is 4.44. The number of cyclic esters (lactones) is 1. The van der Waals surface area contributed by atoms with Crippen molar-refractivity contribution in [2.24, 2.45) is 4.99 Å². The molecule has 1 aliphatic heterocycles. The smallest absolute Gasteiger partial charge is 0.341 e. The number of allylic oxidation sites excluding steroid dienone is 2. The van der Waals surface area contributed by atoms with Crippen LogP contribution in [0.15, 0.2) is 40.9 Å². The number of isocyanates is 1. The number of fused-ring (bicyclic) bond motifs is 1. The Kier molecular flexibility index (Phi) is 8.35. The van der Waals surface area contributed by atoms with Gasteiger partial charge in [0.05, 0.1) is 31.6 Å². The van der Waals surface area contributed by atoms with Gasteiger partial charge >= 0.3 is 11.9 Å². The third-order valence-corrected chi connectivity index (χ3v) is 5.87. The second kappa shape index (κ2) is 11.4. The van der Waals surface area contributed by atoms with Gasteiger partial charge in [-0.25, -0.2) is 9.59 Å². The Morgan fingerprint density at radius 3 is 2.59 bits per heavy atom. The molecule has 0 saturated heterocycles. The number of carboxylic acid groups (broad SMARTS) is 1. The topological polar surface area (TPSA) is 111 Å². The Bertz CT molecular complexity index is 1160. The molecule has 0 saturated carbocycles. The first-order valence-corrected chi connectivity index (χ1v) is 10.9. The standard InChI is InChI=1S/C26H27NO7/c1-16(5-11-23(29)30)4-10-20-21(13-33-12-18-6-8-19(32-3)9-7-18)17(2)22-14-34-26(31)24(22)25(20)27-15-28/h4,6-9H,5,10-14H2,1-3H3,(H,29,30)/b16-4+. The Morgan fingerprint density at radius 2 is 1.94 bits per heavy atom. The number of ether oxygens (including phenoxy) is 3. The molecule has 178 valence electrons. The van der Waals surface area contributed by atoms with E-state index < -0.39 is 11.9 Å². The molecular formula is C26H27NO7. The van der Waals surface area contributed by atoms with Crippen molar-refractivity contribution in [3.63, 3.8) is 0 Å². The van der Waals surface area contributed by atoms with Gasteiger partial charge in [-0.3, -0.25) is 4.79 Å². The molecular weight excluding hydrogens is 438 g/mol. The van der Waals surface area contributed by atoms with Crippen LogP contribution in [0.3, 0.4) is 0 Å². The zero-order valence-corrected chi connectivity index (χ0v) is 19.5. The van der Waals surface area contributed by atoms with E-state index in [0.717, 1.165) is 28.0 Å². The van der Waals surface area contributed by atoms with Crippen molar-refractivity contribution in [2.45, 2.75) is 52.9 Å². The maximum atomic E-state index is 12.4. The summed E-state index contributed by atoms with van der Waals surface area (Å²) in [6, 6.07) is 7.54. The third kappa shape index (κ3) is 5.78. The highest BCUT2D eigenvalue weighted by Gasteiger charge is 2.31. The largest absolute Gasteiger partial charge is 0.497 e. The minimum absolute atomic E-state index is 0.0229. The number of aliphatic imine (C=N–C) groups is 1. The van der Waals surface area contributed by atoms with Gasteiger partial charge in [0, 0.05) is 12.0 Å². The summed E-state index contributed by atoms with van der Waals surface area (Å²) < 4.78 is 16.4. The van der Waals surface area contributed by atoms with Gasteiger partial charge in [0.2, 0.25) is 6.08 Å². The van der Waals surface area contributed by atoms with Gasteiger partial charge < -0.3 is 19.3 Å². The molecule has 0 unspecified atom stereocenters. The molecule has 8 nitrogen and oxygen atoms in total. The molecule has 0 fully saturated rings. The maximum Gasteiger partial charge on any atom is 0.341 e. The average molecular weight is 466 g/mol. The molecule has 2 aromatic carbocycles. The van der Waals surface area contributed by atoms with E-state index in [2.05, 4.69) is 4.99 Å². The van der Waals surface area contributed by atoms with Crippen LogP contribution < -0.4 is 4.74 Å². The van der Waals surface area contributed by atoms with E-state index in [1.165, 1.54) is 0 Å². The van der Waals surface area contributed by atoms with Crippen LogP contribution in [0.1, 0.15) is 57.9 Å². The van der Waals surface area contributed by atoms with Gasteiger partial charge in [-0.1, -0.05) is 23.8 Å². The second-order valence-electron chi connectivity index (χ2n) is 8.05. The Balaban J connectivity index is 1.94. The summed E-state index contributed by atoms with van der Waals surface area (Å²) in [5.41, 5.74) is 5.41. The molecule has 0 aliphatic carbocycles. The fraction of sp³-hybridized carbons (Fsp3) is 0.346.